The highest BCUT2D eigenvalue weighted by Gasteiger charge is 2.52. The van der Waals surface area contributed by atoms with Crippen LogP contribution in [0.1, 0.15) is 44.1 Å². The molecule has 1 saturated carbocycles. The summed E-state index contributed by atoms with van der Waals surface area (Å²) < 4.78 is 0. The minimum atomic E-state index is -0.538. The van der Waals surface area contributed by atoms with Crippen molar-refractivity contribution in [1.82, 2.24) is 0 Å². The Morgan fingerprint density at radius 1 is 1.19 bits per heavy atom. The number of amides is 2. The molecule has 5 heteroatoms. The normalized spacial score (nSPS) is 20.8. The van der Waals surface area contributed by atoms with Gasteiger partial charge in [0.25, 0.3) is 0 Å². The maximum Gasteiger partial charge on any atom is 0.240 e. The highest BCUT2D eigenvalue weighted by molar-refractivity contribution is 6.23. The van der Waals surface area contributed by atoms with Gasteiger partial charge < -0.3 is 5.73 Å². The van der Waals surface area contributed by atoms with E-state index in [1.54, 1.807) is 12.1 Å². The van der Waals surface area contributed by atoms with Crippen molar-refractivity contribution in [3.63, 3.8) is 0 Å². The predicted molar refractivity (Wildman–Crippen MR) is 78.2 cm³/mol. The summed E-state index contributed by atoms with van der Waals surface area (Å²) in [6.07, 6.45) is 4.89. The molecule has 3 rings (SSSR count). The minimum absolute atomic E-state index is 0.145. The number of rotatable bonds is 1. The lowest BCUT2D eigenvalue weighted by Gasteiger charge is -2.30. The molecule has 0 bridgehead atoms. The molecular weight excluding hydrogens is 266 g/mol. The van der Waals surface area contributed by atoms with Crippen LogP contribution < -0.4 is 10.6 Å². The molecule has 1 aliphatic carbocycles. The Labute approximate surface area is 123 Å². The van der Waals surface area contributed by atoms with Gasteiger partial charge in [0.05, 0.1) is 16.7 Å². The van der Waals surface area contributed by atoms with Gasteiger partial charge in [-0.05, 0) is 31.0 Å². The zero-order chi connectivity index (χ0) is 15.0. The van der Waals surface area contributed by atoms with E-state index < -0.39 is 5.41 Å². The monoisotopic (exact) mass is 283 g/mol. The van der Waals surface area contributed by atoms with Gasteiger partial charge in [-0.1, -0.05) is 19.3 Å². The largest absolute Gasteiger partial charge is 0.399 e. The average Bonchev–Trinajstić information content (AvgIpc) is 2.71. The fourth-order valence-corrected chi connectivity index (χ4v) is 3.50. The Balaban J connectivity index is 2.02. The lowest BCUT2D eigenvalue weighted by Crippen LogP contribution is -2.37. The van der Waals surface area contributed by atoms with Gasteiger partial charge in [0.1, 0.15) is 6.07 Å². The molecule has 2 N–H and O–H groups in total. The summed E-state index contributed by atoms with van der Waals surface area (Å²) in [6, 6.07) is 6.72. The van der Waals surface area contributed by atoms with Crippen LogP contribution in [0.15, 0.2) is 18.2 Å². The van der Waals surface area contributed by atoms with Crippen LogP contribution in [0.3, 0.4) is 0 Å². The highest BCUT2D eigenvalue weighted by Crippen LogP contribution is 2.47. The zero-order valence-corrected chi connectivity index (χ0v) is 11.8. The van der Waals surface area contributed by atoms with E-state index in [1.165, 1.54) is 11.0 Å². The van der Waals surface area contributed by atoms with E-state index >= 15 is 0 Å². The maximum absolute atomic E-state index is 12.8. The third-order valence-electron chi connectivity index (χ3n) is 4.59. The molecule has 1 aromatic carbocycles. The fourth-order valence-electron chi connectivity index (χ4n) is 3.50. The van der Waals surface area contributed by atoms with Crippen molar-refractivity contribution in [2.75, 3.05) is 10.6 Å². The first-order valence-corrected chi connectivity index (χ1v) is 7.24. The second-order valence-corrected chi connectivity index (χ2v) is 5.94. The van der Waals surface area contributed by atoms with Crippen molar-refractivity contribution in [3.05, 3.63) is 23.8 Å². The van der Waals surface area contributed by atoms with E-state index in [-0.39, 0.29) is 23.8 Å². The van der Waals surface area contributed by atoms with Crippen molar-refractivity contribution < 1.29 is 9.59 Å². The molecule has 1 aromatic rings. The summed E-state index contributed by atoms with van der Waals surface area (Å²) in [7, 11) is 0. The van der Waals surface area contributed by atoms with Crippen molar-refractivity contribution in [3.8, 4) is 6.07 Å². The van der Waals surface area contributed by atoms with Gasteiger partial charge in [-0.3, -0.25) is 9.59 Å². The van der Waals surface area contributed by atoms with Gasteiger partial charge in [0.2, 0.25) is 11.8 Å². The van der Waals surface area contributed by atoms with Crippen LogP contribution in [0, 0.1) is 16.7 Å². The molecule has 1 saturated heterocycles. The third-order valence-corrected chi connectivity index (χ3v) is 4.59. The molecule has 0 radical (unpaired) electrons. The van der Waals surface area contributed by atoms with E-state index in [0.29, 0.717) is 11.4 Å². The number of benzene rings is 1. The van der Waals surface area contributed by atoms with Crippen LogP contribution in [0.5, 0.6) is 0 Å². The Morgan fingerprint density at radius 3 is 2.57 bits per heavy atom. The van der Waals surface area contributed by atoms with Crippen molar-refractivity contribution >= 4 is 23.2 Å². The van der Waals surface area contributed by atoms with Crippen molar-refractivity contribution in [2.45, 2.75) is 38.5 Å². The summed E-state index contributed by atoms with van der Waals surface area (Å²) in [5.41, 5.74) is 6.21. The topological polar surface area (TPSA) is 87.2 Å². The second-order valence-electron chi connectivity index (χ2n) is 5.94. The number of nitrogens with two attached hydrogens (primary N) is 1. The summed E-state index contributed by atoms with van der Waals surface area (Å²) >= 11 is 0. The fraction of sp³-hybridized carbons (Fsp3) is 0.438. The molecule has 2 amide bonds. The van der Waals surface area contributed by atoms with E-state index in [9.17, 15) is 14.9 Å². The van der Waals surface area contributed by atoms with Crippen LogP contribution in [-0.4, -0.2) is 11.8 Å². The highest BCUT2D eigenvalue weighted by atomic mass is 16.2. The molecule has 5 nitrogen and oxygen atoms in total. The summed E-state index contributed by atoms with van der Waals surface area (Å²) in [6.45, 7) is 0. The molecule has 2 aliphatic rings. The van der Waals surface area contributed by atoms with Crippen LogP contribution in [0.2, 0.25) is 0 Å². The molecule has 108 valence electrons. The summed E-state index contributed by atoms with van der Waals surface area (Å²) in [4.78, 5) is 26.4. The van der Waals surface area contributed by atoms with Gasteiger partial charge in [-0.2, -0.15) is 5.26 Å². The summed E-state index contributed by atoms with van der Waals surface area (Å²) in [5.74, 6) is -0.350. The number of nitriles is 1. The Kier molecular flexibility index (Phi) is 3.17. The van der Waals surface area contributed by atoms with Crippen LogP contribution >= 0.6 is 0 Å². The molecule has 21 heavy (non-hydrogen) atoms. The lowest BCUT2D eigenvalue weighted by molar-refractivity contribution is -0.127. The second kappa shape index (κ2) is 4.88. The van der Waals surface area contributed by atoms with Crippen LogP contribution in [-0.2, 0) is 9.59 Å². The zero-order valence-electron chi connectivity index (χ0n) is 11.8. The third kappa shape index (κ3) is 2.07. The van der Waals surface area contributed by atoms with E-state index in [2.05, 4.69) is 0 Å². The van der Waals surface area contributed by atoms with Gasteiger partial charge in [-0.25, -0.2) is 4.90 Å². The number of carbonyl (C=O) groups excluding carboxylic acids is 2. The molecule has 1 spiro atoms. The quantitative estimate of drug-likeness (QED) is 0.633. The molecular formula is C16H17N3O2. The average molecular weight is 283 g/mol. The first-order chi connectivity index (χ1) is 10.1. The molecule has 0 atom stereocenters. The standard InChI is InChI=1S/C16H17N3O2/c17-10-11-8-12(18)4-5-13(11)19-14(20)9-16(15(19)21)6-2-1-3-7-16/h4-5,8H,1-3,6-7,9,18H2. The number of hydrogen-bond donors (Lipinski definition) is 1. The number of nitrogens with zero attached hydrogens (tertiary/aromatic N) is 2. The van der Waals surface area contributed by atoms with E-state index in [1.807, 2.05) is 6.07 Å². The van der Waals surface area contributed by atoms with E-state index in [4.69, 9.17) is 5.73 Å². The smallest absolute Gasteiger partial charge is 0.240 e. The van der Waals surface area contributed by atoms with Crippen molar-refractivity contribution in [2.24, 2.45) is 5.41 Å². The first kappa shape index (κ1) is 13.6. The number of imide groups is 1. The van der Waals surface area contributed by atoms with E-state index in [0.717, 1.165) is 32.1 Å². The van der Waals surface area contributed by atoms with Gasteiger partial charge in [0.15, 0.2) is 0 Å². The molecule has 1 heterocycles. The number of nitrogen functional groups attached to an aromatic ring is 1. The van der Waals surface area contributed by atoms with Gasteiger partial charge >= 0.3 is 0 Å². The van der Waals surface area contributed by atoms with Crippen molar-refractivity contribution in [1.29, 1.82) is 5.26 Å². The molecule has 0 unspecified atom stereocenters. The lowest BCUT2D eigenvalue weighted by atomic mass is 9.73. The Bertz CT molecular complexity index is 654. The minimum Gasteiger partial charge on any atom is -0.399 e. The number of anilines is 2. The molecule has 1 aliphatic heterocycles. The molecule has 2 fully saturated rings. The SMILES string of the molecule is N#Cc1cc(N)ccc1N1C(=O)CC2(CCCCC2)C1=O. The summed E-state index contributed by atoms with van der Waals surface area (Å²) in [5, 5.41) is 9.22. The Morgan fingerprint density at radius 2 is 1.90 bits per heavy atom. The Hall–Kier alpha value is -2.35. The maximum atomic E-state index is 12.8. The molecule has 0 aromatic heterocycles. The predicted octanol–water partition coefficient (Wildman–Crippen LogP) is 2.35. The van der Waals surface area contributed by atoms with Crippen LogP contribution in [0.4, 0.5) is 11.4 Å². The first-order valence-electron chi connectivity index (χ1n) is 7.24. The number of carbonyl (C=O) groups is 2. The van der Waals surface area contributed by atoms with Gasteiger partial charge in [-0.15, -0.1) is 0 Å². The van der Waals surface area contributed by atoms with Crippen LogP contribution in [0.25, 0.3) is 0 Å². The van der Waals surface area contributed by atoms with Gasteiger partial charge in [0, 0.05) is 12.1 Å². The number of hydrogen-bond acceptors (Lipinski definition) is 4.